The van der Waals surface area contributed by atoms with E-state index in [1.165, 1.54) is 0 Å². The third-order valence-corrected chi connectivity index (χ3v) is 3.88. The molecule has 3 aromatic rings. The molecule has 0 atom stereocenters. The Labute approximate surface area is 133 Å². The van der Waals surface area contributed by atoms with Crippen molar-refractivity contribution in [3.8, 4) is 11.7 Å². The smallest absolute Gasteiger partial charge is 0.297 e. The SMILES string of the molecule is Cl.NC1(c2noc(-c3nc4ncc(Br)cn4n3)n2)CCC1. The van der Waals surface area contributed by atoms with Gasteiger partial charge in [0.15, 0.2) is 5.82 Å². The van der Waals surface area contributed by atoms with Crippen LogP contribution in [0.25, 0.3) is 17.5 Å². The predicted molar refractivity (Wildman–Crippen MR) is 78.7 cm³/mol. The van der Waals surface area contributed by atoms with Gasteiger partial charge in [-0.1, -0.05) is 5.16 Å². The Morgan fingerprint density at radius 3 is 2.86 bits per heavy atom. The normalized spacial score (nSPS) is 16.5. The molecule has 3 heterocycles. The number of nitrogens with zero attached hydrogens (tertiary/aromatic N) is 6. The molecule has 0 radical (unpaired) electrons. The van der Waals surface area contributed by atoms with Crippen LogP contribution in [0.4, 0.5) is 0 Å². The van der Waals surface area contributed by atoms with Gasteiger partial charge in [-0.25, -0.2) is 9.50 Å². The molecule has 10 heteroatoms. The zero-order chi connectivity index (χ0) is 13.7. The average molecular weight is 373 g/mol. The number of hydrogen-bond donors (Lipinski definition) is 1. The molecule has 0 bridgehead atoms. The third-order valence-electron chi connectivity index (χ3n) is 3.47. The van der Waals surface area contributed by atoms with Crippen LogP contribution in [0.1, 0.15) is 25.1 Å². The highest BCUT2D eigenvalue weighted by Gasteiger charge is 2.39. The minimum absolute atomic E-state index is 0. The topological polar surface area (TPSA) is 108 Å². The first-order chi connectivity index (χ1) is 9.64. The van der Waals surface area contributed by atoms with Gasteiger partial charge in [-0.05, 0) is 35.2 Å². The van der Waals surface area contributed by atoms with Crippen molar-refractivity contribution in [1.82, 2.24) is 29.7 Å². The zero-order valence-corrected chi connectivity index (χ0v) is 13.1. The second-order valence-electron chi connectivity index (χ2n) is 4.88. The van der Waals surface area contributed by atoms with E-state index in [1.807, 2.05) is 0 Å². The van der Waals surface area contributed by atoms with Crippen LogP contribution in [0.15, 0.2) is 21.4 Å². The highest BCUT2D eigenvalue weighted by molar-refractivity contribution is 9.10. The fourth-order valence-corrected chi connectivity index (χ4v) is 2.44. The lowest BCUT2D eigenvalue weighted by molar-refractivity contribution is 0.229. The molecule has 110 valence electrons. The predicted octanol–water partition coefficient (Wildman–Crippen LogP) is 1.70. The lowest BCUT2D eigenvalue weighted by atomic mass is 9.77. The molecule has 8 nitrogen and oxygen atoms in total. The second-order valence-corrected chi connectivity index (χ2v) is 5.80. The van der Waals surface area contributed by atoms with Gasteiger partial charge in [0, 0.05) is 12.4 Å². The summed E-state index contributed by atoms with van der Waals surface area (Å²) < 4.78 is 7.57. The Morgan fingerprint density at radius 1 is 1.33 bits per heavy atom. The molecule has 1 fully saturated rings. The van der Waals surface area contributed by atoms with Gasteiger partial charge in [0.25, 0.3) is 11.7 Å². The van der Waals surface area contributed by atoms with Crippen molar-refractivity contribution in [3.63, 3.8) is 0 Å². The first-order valence-corrected chi connectivity index (χ1v) is 6.95. The average Bonchev–Trinajstić information content (AvgIpc) is 3.01. The van der Waals surface area contributed by atoms with Crippen molar-refractivity contribution in [3.05, 3.63) is 22.7 Å². The number of nitrogens with two attached hydrogens (primary N) is 1. The van der Waals surface area contributed by atoms with Crippen molar-refractivity contribution in [2.75, 3.05) is 0 Å². The van der Waals surface area contributed by atoms with Crippen LogP contribution < -0.4 is 5.73 Å². The van der Waals surface area contributed by atoms with Crippen LogP contribution in [0.3, 0.4) is 0 Å². The van der Waals surface area contributed by atoms with Gasteiger partial charge in [-0.2, -0.15) is 9.97 Å². The number of hydrogen-bond acceptors (Lipinski definition) is 7. The molecular weight excluding hydrogens is 362 g/mol. The summed E-state index contributed by atoms with van der Waals surface area (Å²) >= 11 is 3.33. The van der Waals surface area contributed by atoms with Gasteiger partial charge >= 0.3 is 0 Å². The molecule has 0 spiro atoms. The fraction of sp³-hybridized carbons (Fsp3) is 0.364. The minimum atomic E-state index is -0.456. The monoisotopic (exact) mass is 371 g/mol. The van der Waals surface area contributed by atoms with Crippen molar-refractivity contribution >= 4 is 34.1 Å². The fourth-order valence-electron chi connectivity index (χ4n) is 2.15. The van der Waals surface area contributed by atoms with Crippen LogP contribution in [-0.4, -0.2) is 29.7 Å². The molecule has 1 saturated carbocycles. The molecule has 0 saturated heterocycles. The summed E-state index contributed by atoms with van der Waals surface area (Å²) in [5.41, 5.74) is 5.70. The van der Waals surface area contributed by atoms with Gasteiger partial charge in [0.05, 0.1) is 10.0 Å². The summed E-state index contributed by atoms with van der Waals surface area (Å²) in [6.07, 6.45) is 6.24. The van der Waals surface area contributed by atoms with Gasteiger partial charge in [0.2, 0.25) is 5.82 Å². The molecule has 0 aromatic carbocycles. The number of fused-ring (bicyclic) bond motifs is 1. The summed E-state index contributed by atoms with van der Waals surface area (Å²) in [6, 6.07) is 0. The van der Waals surface area contributed by atoms with Crippen LogP contribution in [-0.2, 0) is 5.54 Å². The van der Waals surface area contributed by atoms with Crippen molar-refractivity contribution in [2.24, 2.45) is 5.73 Å². The standard InChI is InChI=1S/C11H10BrN7O.ClH/c12-6-4-14-10-15-7(17-19(10)5-6)8-16-9(18-20-8)11(13)2-1-3-11;/h4-5H,1-3,13H2;1H. The van der Waals surface area contributed by atoms with Crippen LogP contribution >= 0.6 is 28.3 Å². The molecule has 0 aliphatic heterocycles. The Hall–Kier alpha value is -1.58. The molecule has 21 heavy (non-hydrogen) atoms. The molecule has 0 unspecified atom stereocenters. The quantitative estimate of drug-likeness (QED) is 0.729. The molecule has 4 rings (SSSR count). The molecule has 2 N–H and O–H groups in total. The Morgan fingerprint density at radius 2 is 2.14 bits per heavy atom. The first kappa shape index (κ1) is 14.4. The summed E-state index contributed by atoms with van der Waals surface area (Å²) in [7, 11) is 0. The van der Waals surface area contributed by atoms with E-state index in [1.54, 1.807) is 16.9 Å². The molecular formula is C11H11BrClN7O. The lowest BCUT2D eigenvalue weighted by Gasteiger charge is -2.34. The summed E-state index contributed by atoms with van der Waals surface area (Å²) in [5, 5.41) is 8.20. The second kappa shape index (κ2) is 5.00. The van der Waals surface area contributed by atoms with E-state index in [9.17, 15) is 0 Å². The number of aromatic nitrogens is 6. The maximum atomic E-state index is 6.16. The van der Waals surface area contributed by atoms with E-state index in [0.29, 0.717) is 17.4 Å². The Balaban J connectivity index is 0.00000132. The number of halogens is 2. The van der Waals surface area contributed by atoms with Gasteiger partial charge in [0.1, 0.15) is 0 Å². The van der Waals surface area contributed by atoms with Crippen molar-refractivity contribution in [1.29, 1.82) is 0 Å². The summed E-state index contributed by atoms with van der Waals surface area (Å²) in [6.45, 7) is 0. The highest BCUT2D eigenvalue weighted by Crippen LogP contribution is 2.37. The first-order valence-electron chi connectivity index (χ1n) is 6.15. The maximum absolute atomic E-state index is 6.16. The van der Waals surface area contributed by atoms with Crippen LogP contribution in [0.5, 0.6) is 0 Å². The zero-order valence-electron chi connectivity index (χ0n) is 10.7. The van der Waals surface area contributed by atoms with Crippen molar-refractivity contribution in [2.45, 2.75) is 24.8 Å². The van der Waals surface area contributed by atoms with Crippen LogP contribution in [0, 0.1) is 0 Å². The van der Waals surface area contributed by atoms with E-state index >= 15 is 0 Å². The third kappa shape index (κ3) is 2.30. The van der Waals surface area contributed by atoms with Gasteiger partial charge < -0.3 is 10.3 Å². The van der Waals surface area contributed by atoms with E-state index in [2.05, 4.69) is 41.1 Å². The lowest BCUT2D eigenvalue weighted by Crippen LogP contribution is -2.44. The molecule has 1 aliphatic rings. The molecule has 3 aromatic heterocycles. The van der Waals surface area contributed by atoms with Crippen LogP contribution in [0.2, 0.25) is 0 Å². The van der Waals surface area contributed by atoms with Gasteiger partial charge in [-0.15, -0.1) is 17.5 Å². The Bertz CT molecular complexity index is 797. The molecule has 0 amide bonds. The van der Waals surface area contributed by atoms with Crippen molar-refractivity contribution < 1.29 is 4.52 Å². The van der Waals surface area contributed by atoms with E-state index in [-0.39, 0.29) is 18.3 Å². The van der Waals surface area contributed by atoms with E-state index < -0.39 is 5.54 Å². The maximum Gasteiger partial charge on any atom is 0.297 e. The summed E-state index contributed by atoms with van der Waals surface area (Å²) in [5.74, 6) is 1.59. The molecule has 1 aliphatic carbocycles. The highest BCUT2D eigenvalue weighted by atomic mass is 79.9. The van der Waals surface area contributed by atoms with Gasteiger partial charge in [-0.3, -0.25) is 0 Å². The largest absolute Gasteiger partial charge is 0.330 e. The van der Waals surface area contributed by atoms with E-state index in [0.717, 1.165) is 23.7 Å². The van der Waals surface area contributed by atoms with E-state index in [4.69, 9.17) is 10.3 Å². The number of rotatable bonds is 2. The minimum Gasteiger partial charge on any atom is -0.330 e. The Kier molecular flexibility index (Phi) is 3.42. The summed E-state index contributed by atoms with van der Waals surface area (Å²) in [4.78, 5) is 12.7.